The largest absolute Gasteiger partial charge is 0.444 e. The van der Waals surface area contributed by atoms with E-state index in [0.717, 1.165) is 36.5 Å². The van der Waals surface area contributed by atoms with Gasteiger partial charge in [-0.05, 0) is 23.3 Å². The molecule has 0 bridgehead atoms. The monoisotopic (exact) mass is 377 g/mol. The Morgan fingerprint density at radius 1 is 1.18 bits per heavy atom. The number of alkyl carbamates (subject to hydrolysis) is 1. The highest BCUT2D eigenvalue weighted by atomic mass is 16.6. The van der Waals surface area contributed by atoms with Gasteiger partial charge in [-0.1, -0.05) is 30.3 Å². The maximum Gasteiger partial charge on any atom is 0.407 e. The van der Waals surface area contributed by atoms with Crippen LogP contribution in [0.1, 0.15) is 11.1 Å². The summed E-state index contributed by atoms with van der Waals surface area (Å²) in [6.45, 7) is 2.78. The molecule has 0 atom stereocenters. The topological polar surface area (TPSA) is 72.3 Å². The Labute approximate surface area is 164 Å². The van der Waals surface area contributed by atoms with E-state index in [4.69, 9.17) is 4.74 Å². The van der Waals surface area contributed by atoms with E-state index < -0.39 is 6.09 Å². The van der Waals surface area contributed by atoms with Crippen LogP contribution in [0.3, 0.4) is 0 Å². The van der Waals surface area contributed by atoms with Crippen molar-refractivity contribution >= 4 is 6.09 Å². The molecule has 28 heavy (non-hydrogen) atoms. The molecule has 4 rings (SSSR count). The molecule has 7 heteroatoms. The first-order valence-corrected chi connectivity index (χ1v) is 9.30. The zero-order valence-electron chi connectivity index (χ0n) is 15.8. The first-order valence-electron chi connectivity index (χ1n) is 9.30. The van der Waals surface area contributed by atoms with Gasteiger partial charge in [0, 0.05) is 57.4 Å². The Kier molecular flexibility index (Phi) is 5.34. The Bertz CT molecular complexity index is 935. The molecule has 1 fully saturated rings. The molecule has 0 unspecified atom stereocenters. The molecule has 0 spiro atoms. The highest BCUT2D eigenvalue weighted by Gasteiger charge is 2.29. The number of rotatable bonds is 6. The Balaban J connectivity index is 1.22. The summed E-state index contributed by atoms with van der Waals surface area (Å²) in [6.07, 6.45) is 4.83. The molecule has 3 heterocycles. The highest BCUT2D eigenvalue weighted by molar-refractivity contribution is 5.67. The smallest absolute Gasteiger partial charge is 0.407 e. The number of likely N-dealkylation sites (tertiary alicyclic amines) is 1. The SMILES string of the molecule is Cn1nccc1-c1cncc(CNC(=O)OC2CN(Cc3ccccc3)C2)c1. The Hall–Kier alpha value is -3.19. The van der Waals surface area contributed by atoms with Crippen LogP contribution in [-0.2, 0) is 24.9 Å². The van der Waals surface area contributed by atoms with Crippen molar-refractivity contribution in [1.29, 1.82) is 0 Å². The molecule has 1 N–H and O–H groups in total. The standard InChI is InChI=1S/C21H23N5O2/c1-25-20(7-8-24-25)18-9-17(10-22-12-18)11-23-21(27)28-19-14-26(15-19)13-16-5-3-2-4-6-16/h2-10,12,19H,11,13-15H2,1H3,(H,23,27). The summed E-state index contributed by atoms with van der Waals surface area (Å²) in [7, 11) is 1.89. The van der Waals surface area contributed by atoms with Gasteiger partial charge in [-0.25, -0.2) is 4.79 Å². The molecule has 0 saturated carbocycles. The van der Waals surface area contributed by atoms with Gasteiger partial charge in [0.15, 0.2) is 0 Å². The second-order valence-electron chi connectivity index (χ2n) is 6.98. The van der Waals surface area contributed by atoms with E-state index in [1.54, 1.807) is 23.3 Å². The number of amides is 1. The minimum atomic E-state index is -0.393. The maximum atomic E-state index is 12.1. The first kappa shape index (κ1) is 18.2. The number of benzene rings is 1. The van der Waals surface area contributed by atoms with Gasteiger partial charge in [0.1, 0.15) is 6.10 Å². The van der Waals surface area contributed by atoms with Crippen LogP contribution < -0.4 is 5.32 Å². The van der Waals surface area contributed by atoms with E-state index in [1.807, 2.05) is 37.4 Å². The van der Waals surface area contributed by atoms with Crippen molar-refractivity contribution in [3.8, 4) is 11.3 Å². The minimum Gasteiger partial charge on any atom is -0.444 e. The fraction of sp³-hybridized carbons (Fsp3) is 0.286. The summed E-state index contributed by atoms with van der Waals surface area (Å²) in [6, 6.07) is 14.2. The lowest BCUT2D eigenvalue weighted by Gasteiger charge is -2.38. The van der Waals surface area contributed by atoms with Crippen molar-refractivity contribution in [3.63, 3.8) is 0 Å². The van der Waals surface area contributed by atoms with Gasteiger partial charge in [-0.15, -0.1) is 0 Å². The molecule has 2 aromatic heterocycles. The highest BCUT2D eigenvalue weighted by Crippen LogP contribution is 2.18. The van der Waals surface area contributed by atoms with Gasteiger partial charge in [-0.3, -0.25) is 14.6 Å². The van der Waals surface area contributed by atoms with Gasteiger partial charge < -0.3 is 10.1 Å². The number of carbonyl (C=O) groups is 1. The van der Waals surface area contributed by atoms with Crippen LogP contribution in [-0.4, -0.2) is 45.0 Å². The number of aryl methyl sites for hydroxylation is 1. The van der Waals surface area contributed by atoms with Crippen molar-refractivity contribution in [2.45, 2.75) is 19.2 Å². The number of nitrogens with zero attached hydrogens (tertiary/aromatic N) is 4. The third kappa shape index (κ3) is 4.37. The maximum absolute atomic E-state index is 12.1. The molecule has 0 aliphatic carbocycles. The average Bonchev–Trinajstić information content (AvgIpc) is 3.12. The van der Waals surface area contributed by atoms with Crippen LogP contribution in [0.25, 0.3) is 11.3 Å². The minimum absolute atomic E-state index is 0.0531. The van der Waals surface area contributed by atoms with Crippen LogP contribution in [0, 0.1) is 0 Å². The molecular formula is C21H23N5O2. The van der Waals surface area contributed by atoms with E-state index >= 15 is 0 Å². The number of carbonyl (C=O) groups excluding carboxylic acids is 1. The molecule has 7 nitrogen and oxygen atoms in total. The number of nitrogens with one attached hydrogen (secondary N) is 1. The summed E-state index contributed by atoms with van der Waals surface area (Å²) < 4.78 is 7.26. The van der Waals surface area contributed by atoms with Gasteiger partial charge in [0.05, 0.1) is 5.69 Å². The van der Waals surface area contributed by atoms with E-state index in [9.17, 15) is 4.79 Å². The van der Waals surface area contributed by atoms with E-state index in [1.165, 1.54) is 5.56 Å². The third-order valence-electron chi connectivity index (χ3n) is 4.79. The number of hydrogen-bond acceptors (Lipinski definition) is 5. The van der Waals surface area contributed by atoms with Crippen molar-refractivity contribution in [2.75, 3.05) is 13.1 Å². The van der Waals surface area contributed by atoms with E-state index in [-0.39, 0.29) is 6.10 Å². The summed E-state index contributed by atoms with van der Waals surface area (Å²) in [5.41, 5.74) is 4.12. The lowest BCUT2D eigenvalue weighted by Crippen LogP contribution is -2.53. The molecule has 1 aliphatic heterocycles. The van der Waals surface area contributed by atoms with Crippen LogP contribution >= 0.6 is 0 Å². The normalized spacial score (nSPS) is 14.5. The lowest BCUT2D eigenvalue weighted by molar-refractivity contribution is -0.0173. The number of hydrogen-bond donors (Lipinski definition) is 1. The lowest BCUT2D eigenvalue weighted by atomic mass is 10.1. The Morgan fingerprint density at radius 3 is 2.75 bits per heavy atom. The molecule has 1 aliphatic rings. The van der Waals surface area contributed by atoms with Crippen LogP contribution in [0.15, 0.2) is 61.1 Å². The molecule has 1 saturated heterocycles. The second-order valence-corrected chi connectivity index (χ2v) is 6.98. The van der Waals surface area contributed by atoms with Gasteiger partial charge in [0.25, 0.3) is 0 Å². The zero-order chi connectivity index (χ0) is 19.3. The number of ether oxygens (including phenoxy) is 1. The quantitative estimate of drug-likeness (QED) is 0.715. The van der Waals surface area contributed by atoms with E-state index in [2.05, 4.69) is 32.4 Å². The van der Waals surface area contributed by atoms with Gasteiger partial charge in [-0.2, -0.15) is 5.10 Å². The zero-order valence-corrected chi connectivity index (χ0v) is 15.8. The summed E-state index contributed by atoms with van der Waals surface area (Å²) >= 11 is 0. The molecule has 1 aromatic carbocycles. The number of aromatic nitrogens is 3. The Morgan fingerprint density at radius 2 is 2.00 bits per heavy atom. The van der Waals surface area contributed by atoms with Crippen molar-refractivity contribution in [3.05, 3.63) is 72.2 Å². The predicted molar refractivity (Wildman–Crippen MR) is 105 cm³/mol. The molecule has 3 aromatic rings. The van der Waals surface area contributed by atoms with Crippen LogP contribution in [0.5, 0.6) is 0 Å². The second kappa shape index (κ2) is 8.22. The summed E-state index contributed by atoms with van der Waals surface area (Å²) in [5.74, 6) is 0. The molecule has 1 amide bonds. The summed E-state index contributed by atoms with van der Waals surface area (Å²) in [5, 5.41) is 6.98. The fourth-order valence-corrected chi connectivity index (χ4v) is 3.32. The predicted octanol–water partition coefficient (Wildman–Crippen LogP) is 2.59. The summed E-state index contributed by atoms with van der Waals surface area (Å²) in [4.78, 5) is 18.6. The molecular weight excluding hydrogens is 354 g/mol. The number of pyridine rings is 1. The van der Waals surface area contributed by atoms with Crippen molar-refractivity contribution < 1.29 is 9.53 Å². The van der Waals surface area contributed by atoms with Gasteiger partial charge >= 0.3 is 6.09 Å². The fourth-order valence-electron chi connectivity index (χ4n) is 3.32. The van der Waals surface area contributed by atoms with Crippen LogP contribution in [0.4, 0.5) is 4.79 Å². The third-order valence-corrected chi connectivity index (χ3v) is 4.79. The first-order chi connectivity index (χ1) is 13.7. The van der Waals surface area contributed by atoms with Gasteiger partial charge in [0.2, 0.25) is 0 Å². The van der Waals surface area contributed by atoms with E-state index in [0.29, 0.717) is 6.54 Å². The van der Waals surface area contributed by atoms with Crippen molar-refractivity contribution in [2.24, 2.45) is 7.05 Å². The van der Waals surface area contributed by atoms with Crippen LogP contribution in [0.2, 0.25) is 0 Å². The molecule has 144 valence electrons. The van der Waals surface area contributed by atoms with Crippen molar-refractivity contribution in [1.82, 2.24) is 25.0 Å². The molecule has 0 radical (unpaired) electrons. The average molecular weight is 377 g/mol.